The first-order valence-corrected chi connectivity index (χ1v) is 9.79. The van der Waals surface area contributed by atoms with Crippen molar-refractivity contribution in [1.82, 2.24) is 5.32 Å². The maximum atomic E-state index is 11.8. The number of hydrogen-bond donors (Lipinski definition) is 2. The lowest BCUT2D eigenvalue weighted by atomic mass is 9.95. The summed E-state index contributed by atoms with van der Waals surface area (Å²) < 4.78 is 29.2. The third-order valence-corrected chi connectivity index (χ3v) is 5.12. The van der Waals surface area contributed by atoms with Gasteiger partial charge in [0.2, 0.25) is 12.2 Å². The van der Waals surface area contributed by atoms with Gasteiger partial charge < -0.3 is 34.1 Å². The van der Waals surface area contributed by atoms with Crippen LogP contribution in [-0.2, 0) is 19.0 Å². The quantitative estimate of drug-likeness (QED) is 0.769. The van der Waals surface area contributed by atoms with Gasteiger partial charge in [-0.3, -0.25) is 4.79 Å². The molecule has 160 valence electrons. The second-order valence-electron chi connectivity index (χ2n) is 7.21. The van der Waals surface area contributed by atoms with Gasteiger partial charge in [-0.15, -0.1) is 0 Å². The number of aliphatic hydroxyl groups is 1. The van der Waals surface area contributed by atoms with Gasteiger partial charge >= 0.3 is 0 Å². The van der Waals surface area contributed by atoms with Crippen LogP contribution in [0.15, 0.2) is 54.6 Å². The number of aliphatic hydroxyl groups excluding tert-OH is 1. The van der Waals surface area contributed by atoms with Gasteiger partial charge in [0.1, 0.15) is 24.4 Å². The number of benzene rings is 2. The van der Waals surface area contributed by atoms with E-state index in [1.165, 1.54) is 14.0 Å². The number of fused-ring (bicyclic) bond motifs is 1. The van der Waals surface area contributed by atoms with Crippen molar-refractivity contribution in [3.05, 3.63) is 60.2 Å². The van der Waals surface area contributed by atoms with Gasteiger partial charge in [-0.1, -0.05) is 42.5 Å². The Morgan fingerprint density at radius 3 is 2.47 bits per heavy atom. The van der Waals surface area contributed by atoms with E-state index in [0.717, 1.165) is 5.56 Å². The van der Waals surface area contributed by atoms with Crippen molar-refractivity contribution in [2.45, 2.75) is 43.9 Å². The highest BCUT2D eigenvalue weighted by molar-refractivity contribution is 5.73. The van der Waals surface area contributed by atoms with Crippen LogP contribution in [0.25, 0.3) is 0 Å². The summed E-state index contributed by atoms with van der Waals surface area (Å²) in [5, 5.41) is 13.8. The van der Waals surface area contributed by atoms with Crippen LogP contribution in [0.4, 0.5) is 0 Å². The van der Waals surface area contributed by atoms with Crippen LogP contribution in [0.1, 0.15) is 18.8 Å². The zero-order chi connectivity index (χ0) is 21.1. The maximum absolute atomic E-state index is 11.8. The van der Waals surface area contributed by atoms with E-state index in [1.807, 2.05) is 36.4 Å². The number of amides is 1. The molecule has 2 saturated heterocycles. The fraction of sp³-hybridized carbons (Fsp3) is 0.409. The molecule has 2 heterocycles. The molecular formula is C22H25NO7. The monoisotopic (exact) mass is 415 g/mol. The fourth-order valence-electron chi connectivity index (χ4n) is 3.70. The minimum Gasteiger partial charge on any atom is -0.493 e. The SMILES string of the molecule is COc1ccccc1O[C@H]1O[C@@H]2CO[C@H](c3ccccc3)O[C@@H]2[C@H](O)[C@@H]1NC(C)=O. The van der Waals surface area contributed by atoms with Crippen molar-refractivity contribution in [2.75, 3.05) is 13.7 Å². The van der Waals surface area contributed by atoms with E-state index in [-0.39, 0.29) is 12.5 Å². The normalized spacial score (nSPS) is 30.8. The molecule has 0 saturated carbocycles. The molecule has 30 heavy (non-hydrogen) atoms. The van der Waals surface area contributed by atoms with Crippen LogP contribution in [0.2, 0.25) is 0 Å². The Bertz CT molecular complexity index is 862. The van der Waals surface area contributed by atoms with Gasteiger partial charge in [-0.05, 0) is 12.1 Å². The van der Waals surface area contributed by atoms with E-state index in [4.69, 9.17) is 23.7 Å². The van der Waals surface area contributed by atoms with E-state index in [9.17, 15) is 9.90 Å². The number of carbonyl (C=O) groups excluding carboxylic acids is 1. The molecule has 0 spiro atoms. The van der Waals surface area contributed by atoms with Crippen molar-refractivity contribution in [2.24, 2.45) is 0 Å². The number of rotatable bonds is 5. The van der Waals surface area contributed by atoms with E-state index >= 15 is 0 Å². The average Bonchev–Trinajstić information content (AvgIpc) is 2.77. The van der Waals surface area contributed by atoms with E-state index in [0.29, 0.717) is 11.5 Å². The Kier molecular flexibility index (Phi) is 6.19. The zero-order valence-electron chi connectivity index (χ0n) is 16.8. The second kappa shape index (κ2) is 9.01. The first-order chi connectivity index (χ1) is 14.6. The zero-order valence-corrected chi connectivity index (χ0v) is 16.8. The molecule has 6 atom stereocenters. The highest BCUT2D eigenvalue weighted by Gasteiger charge is 2.50. The number of nitrogens with one attached hydrogen (secondary N) is 1. The molecule has 2 aliphatic heterocycles. The molecule has 0 radical (unpaired) electrons. The Hall–Kier alpha value is -2.65. The molecule has 0 bridgehead atoms. The van der Waals surface area contributed by atoms with Crippen LogP contribution in [-0.4, -0.2) is 55.4 Å². The summed E-state index contributed by atoms with van der Waals surface area (Å²) >= 11 is 0. The molecule has 8 heteroatoms. The van der Waals surface area contributed by atoms with Gasteiger partial charge in [0.25, 0.3) is 0 Å². The standard InChI is InChI=1S/C22H25NO7/c1-13(24)23-18-19(25)20-17(12-27-21(30-20)14-8-4-3-5-9-14)29-22(18)28-16-11-7-6-10-15(16)26-2/h3-11,17-22,25H,12H2,1-2H3,(H,23,24)/t17-,18+,19-,20+,21+,22+/m1/s1. The van der Waals surface area contributed by atoms with Crippen LogP contribution in [0, 0.1) is 0 Å². The molecule has 2 aromatic carbocycles. The molecular weight excluding hydrogens is 390 g/mol. The molecule has 0 aliphatic carbocycles. The van der Waals surface area contributed by atoms with Crippen molar-refractivity contribution in [3.63, 3.8) is 0 Å². The van der Waals surface area contributed by atoms with E-state index < -0.39 is 36.9 Å². The fourth-order valence-corrected chi connectivity index (χ4v) is 3.70. The topological polar surface area (TPSA) is 95.5 Å². The Morgan fingerprint density at radius 2 is 1.77 bits per heavy atom. The van der Waals surface area contributed by atoms with Gasteiger partial charge in [-0.25, -0.2) is 0 Å². The summed E-state index contributed by atoms with van der Waals surface area (Å²) in [5.74, 6) is 0.631. The minimum atomic E-state index is -1.07. The predicted molar refractivity (Wildman–Crippen MR) is 106 cm³/mol. The third-order valence-electron chi connectivity index (χ3n) is 5.12. The Labute approximate surface area is 174 Å². The molecule has 2 aromatic rings. The lowest BCUT2D eigenvalue weighted by Gasteiger charge is -2.47. The molecule has 4 rings (SSSR count). The smallest absolute Gasteiger partial charge is 0.223 e. The Balaban J connectivity index is 1.55. The largest absolute Gasteiger partial charge is 0.493 e. The number of carbonyl (C=O) groups is 1. The third kappa shape index (κ3) is 4.27. The van der Waals surface area contributed by atoms with Crippen molar-refractivity contribution in [3.8, 4) is 11.5 Å². The summed E-state index contributed by atoms with van der Waals surface area (Å²) in [6.45, 7) is 1.58. The van der Waals surface area contributed by atoms with Crippen LogP contribution < -0.4 is 14.8 Å². The van der Waals surface area contributed by atoms with E-state index in [1.54, 1.807) is 18.2 Å². The van der Waals surface area contributed by atoms with Gasteiger partial charge in [0.15, 0.2) is 17.8 Å². The lowest BCUT2D eigenvalue weighted by Crippen LogP contribution is -2.67. The van der Waals surface area contributed by atoms with Crippen molar-refractivity contribution in [1.29, 1.82) is 0 Å². The second-order valence-corrected chi connectivity index (χ2v) is 7.21. The molecule has 0 aromatic heterocycles. The van der Waals surface area contributed by atoms with Crippen LogP contribution in [0.3, 0.4) is 0 Å². The molecule has 2 aliphatic rings. The number of ether oxygens (including phenoxy) is 5. The van der Waals surface area contributed by atoms with Gasteiger partial charge in [-0.2, -0.15) is 0 Å². The number of hydrogen-bond acceptors (Lipinski definition) is 7. The molecule has 2 fully saturated rings. The van der Waals surface area contributed by atoms with Crippen molar-refractivity contribution < 1.29 is 33.6 Å². The van der Waals surface area contributed by atoms with Crippen molar-refractivity contribution >= 4 is 5.91 Å². The average molecular weight is 415 g/mol. The molecule has 8 nitrogen and oxygen atoms in total. The predicted octanol–water partition coefficient (Wildman–Crippen LogP) is 1.78. The lowest BCUT2D eigenvalue weighted by molar-refractivity contribution is -0.333. The maximum Gasteiger partial charge on any atom is 0.223 e. The van der Waals surface area contributed by atoms with Crippen LogP contribution >= 0.6 is 0 Å². The first kappa shape index (κ1) is 20.6. The molecule has 2 N–H and O–H groups in total. The Morgan fingerprint density at radius 1 is 1.07 bits per heavy atom. The highest BCUT2D eigenvalue weighted by atomic mass is 16.7. The van der Waals surface area contributed by atoms with Gasteiger partial charge in [0, 0.05) is 12.5 Å². The summed E-state index contributed by atoms with van der Waals surface area (Å²) in [6.07, 6.45) is -3.91. The summed E-state index contributed by atoms with van der Waals surface area (Å²) in [6, 6.07) is 15.7. The highest BCUT2D eigenvalue weighted by Crippen LogP contribution is 2.36. The number of methoxy groups -OCH3 is 1. The molecule has 1 amide bonds. The summed E-state index contributed by atoms with van der Waals surface area (Å²) in [5.41, 5.74) is 0.839. The minimum absolute atomic E-state index is 0.208. The van der Waals surface area contributed by atoms with E-state index in [2.05, 4.69) is 5.32 Å². The number of para-hydroxylation sites is 2. The summed E-state index contributed by atoms with van der Waals surface area (Å²) in [4.78, 5) is 11.8. The first-order valence-electron chi connectivity index (χ1n) is 9.79. The molecule has 0 unspecified atom stereocenters. The van der Waals surface area contributed by atoms with Gasteiger partial charge in [0.05, 0.1) is 13.7 Å². The van der Waals surface area contributed by atoms with Crippen LogP contribution in [0.5, 0.6) is 11.5 Å². The summed E-state index contributed by atoms with van der Waals surface area (Å²) in [7, 11) is 1.53.